The third-order valence-electron chi connectivity index (χ3n) is 6.85. The van der Waals surface area contributed by atoms with Gasteiger partial charge in [0.05, 0.1) is 10.5 Å². The van der Waals surface area contributed by atoms with E-state index in [1.165, 1.54) is 12.1 Å². The molecule has 3 aromatic carbocycles. The molecule has 2 aliphatic heterocycles. The van der Waals surface area contributed by atoms with Gasteiger partial charge in [0, 0.05) is 54.9 Å². The van der Waals surface area contributed by atoms with Gasteiger partial charge in [0.1, 0.15) is 0 Å². The zero-order valence-electron chi connectivity index (χ0n) is 21.4. The molecule has 2 aliphatic rings. The van der Waals surface area contributed by atoms with Crippen LogP contribution in [0.25, 0.3) is 17.7 Å². The first-order valence-corrected chi connectivity index (χ1v) is 14.0. The normalized spacial score (nSPS) is 17.4. The molecule has 3 aromatic rings. The number of hydrogen-bond acceptors (Lipinski definition) is 7. The summed E-state index contributed by atoms with van der Waals surface area (Å²) >= 11 is 0. The SMILES string of the molecule is CN1CCN(c2ccc(N/C=C3\C(=O)NC(=O)c4ccc(/C=C/c5ccc(S(N)(=O)=O)cc5)cc43)cc2)CC1. The highest BCUT2D eigenvalue weighted by atomic mass is 32.2. The van der Waals surface area contributed by atoms with E-state index in [1.54, 1.807) is 36.5 Å². The number of anilines is 2. The molecule has 10 heteroatoms. The number of likely N-dealkylation sites (N-methyl/N-ethyl adjacent to an activating group) is 1. The first kappa shape index (κ1) is 26.4. The fourth-order valence-corrected chi connectivity index (χ4v) is 5.05. The Bertz CT molecular complexity index is 1570. The van der Waals surface area contributed by atoms with Gasteiger partial charge >= 0.3 is 0 Å². The van der Waals surface area contributed by atoms with E-state index >= 15 is 0 Å². The summed E-state index contributed by atoms with van der Waals surface area (Å²) in [5.41, 5.74) is 4.80. The molecule has 4 N–H and O–H groups in total. The number of carbonyl (C=O) groups is 2. The van der Waals surface area contributed by atoms with Gasteiger partial charge in [-0.25, -0.2) is 13.6 Å². The smallest absolute Gasteiger partial charge is 0.260 e. The van der Waals surface area contributed by atoms with Crippen LogP contribution in [0.2, 0.25) is 0 Å². The van der Waals surface area contributed by atoms with Crippen molar-refractivity contribution in [3.8, 4) is 0 Å². The van der Waals surface area contributed by atoms with Gasteiger partial charge in [-0.3, -0.25) is 14.9 Å². The van der Waals surface area contributed by atoms with Gasteiger partial charge in [-0.05, 0) is 66.7 Å². The van der Waals surface area contributed by atoms with Crippen LogP contribution in [0.1, 0.15) is 27.0 Å². The van der Waals surface area contributed by atoms with Gasteiger partial charge in [0.25, 0.3) is 11.8 Å². The first-order valence-electron chi connectivity index (χ1n) is 12.5. The summed E-state index contributed by atoms with van der Waals surface area (Å²) in [6.45, 7) is 4.02. The molecule has 5 rings (SSSR count). The maximum Gasteiger partial charge on any atom is 0.260 e. The molecule has 0 aromatic heterocycles. The molecule has 0 bridgehead atoms. The highest BCUT2D eigenvalue weighted by Crippen LogP contribution is 2.27. The second-order valence-corrected chi connectivity index (χ2v) is 11.1. The topological polar surface area (TPSA) is 125 Å². The van der Waals surface area contributed by atoms with E-state index in [0.29, 0.717) is 16.7 Å². The lowest BCUT2D eigenvalue weighted by Crippen LogP contribution is -2.44. The third kappa shape index (κ3) is 6.09. The van der Waals surface area contributed by atoms with Crippen molar-refractivity contribution in [3.63, 3.8) is 0 Å². The molecule has 2 amide bonds. The van der Waals surface area contributed by atoms with Gasteiger partial charge in [-0.15, -0.1) is 0 Å². The van der Waals surface area contributed by atoms with E-state index in [0.717, 1.165) is 48.7 Å². The van der Waals surface area contributed by atoms with Crippen LogP contribution in [0.15, 0.2) is 77.8 Å². The summed E-state index contributed by atoms with van der Waals surface area (Å²) in [5, 5.41) is 10.7. The minimum absolute atomic E-state index is 0.0363. The number of hydrogen-bond donors (Lipinski definition) is 3. The molecule has 1 saturated heterocycles. The number of imide groups is 1. The summed E-state index contributed by atoms with van der Waals surface area (Å²) in [7, 11) is -1.63. The van der Waals surface area contributed by atoms with E-state index in [4.69, 9.17) is 5.14 Å². The molecule has 0 aliphatic carbocycles. The summed E-state index contributed by atoms with van der Waals surface area (Å²) in [6.07, 6.45) is 5.25. The Morgan fingerprint density at radius 3 is 2.13 bits per heavy atom. The molecular weight excluding hydrogens is 514 g/mol. The molecule has 2 heterocycles. The Labute approximate surface area is 227 Å². The Kier molecular flexibility index (Phi) is 7.34. The number of rotatable bonds is 6. The maximum atomic E-state index is 12.8. The maximum absolute atomic E-state index is 12.8. The number of nitrogens with zero attached hydrogens (tertiary/aromatic N) is 2. The average Bonchev–Trinajstić information content (AvgIpc) is 2.92. The lowest BCUT2D eigenvalue weighted by molar-refractivity contribution is -0.114. The number of carbonyl (C=O) groups excluding carboxylic acids is 2. The minimum atomic E-state index is -3.76. The molecule has 200 valence electrons. The lowest BCUT2D eigenvalue weighted by atomic mass is 9.93. The van der Waals surface area contributed by atoms with E-state index in [-0.39, 0.29) is 4.90 Å². The predicted molar refractivity (Wildman–Crippen MR) is 153 cm³/mol. The summed E-state index contributed by atoms with van der Waals surface area (Å²) in [4.78, 5) is 29.9. The number of fused-ring (bicyclic) bond motifs is 1. The average molecular weight is 544 g/mol. The largest absolute Gasteiger partial charge is 0.369 e. The zero-order valence-corrected chi connectivity index (χ0v) is 22.2. The van der Waals surface area contributed by atoms with Crippen molar-refractivity contribution in [2.24, 2.45) is 5.14 Å². The van der Waals surface area contributed by atoms with Crippen molar-refractivity contribution in [2.45, 2.75) is 4.90 Å². The number of primary sulfonamides is 1. The highest BCUT2D eigenvalue weighted by Gasteiger charge is 2.27. The minimum Gasteiger partial charge on any atom is -0.369 e. The van der Waals surface area contributed by atoms with Crippen LogP contribution in [0.3, 0.4) is 0 Å². The fraction of sp³-hybridized carbons (Fsp3) is 0.172. The van der Waals surface area contributed by atoms with Gasteiger partial charge < -0.3 is 15.1 Å². The fourth-order valence-electron chi connectivity index (χ4n) is 4.54. The second kappa shape index (κ2) is 10.9. The summed E-state index contributed by atoms with van der Waals surface area (Å²) in [5.74, 6) is -0.924. The van der Waals surface area contributed by atoms with Crippen LogP contribution in [0, 0.1) is 0 Å². The standard InChI is InChI=1S/C29H29N5O4S/c1-33-14-16-34(17-15-33)23-9-7-22(8-10-23)31-19-27-26-18-21(6-13-25(26)28(35)32-29(27)36)3-2-20-4-11-24(12-5-20)39(30,37)38/h2-13,18-19,31H,14-17H2,1H3,(H2,30,37,38)(H,32,35,36)/b3-2+,27-19-. The van der Waals surface area contributed by atoms with Crippen LogP contribution in [-0.4, -0.2) is 58.4 Å². The van der Waals surface area contributed by atoms with Crippen molar-refractivity contribution in [1.29, 1.82) is 0 Å². The van der Waals surface area contributed by atoms with Crippen LogP contribution in [-0.2, 0) is 14.8 Å². The zero-order chi connectivity index (χ0) is 27.6. The van der Waals surface area contributed by atoms with Crippen molar-refractivity contribution in [3.05, 3.63) is 95.2 Å². The monoisotopic (exact) mass is 543 g/mol. The third-order valence-corrected chi connectivity index (χ3v) is 7.78. The first-order chi connectivity index (χ1) is 18.7. The van der Waals surface area contributed by atoms with E-state index in [1.807, 2.05) is 24.3 Å². The number of amides is 2. The Morgan fingerprint density at radius 2 is 1.46 bits per heavy atom. The van der Waals surface area contributed by atoms with Crippen molar-refractivity contribution >= 4 is 50.9 Å². The molecule has 9 nitrogen and oxygen atoms in total. The van der Waals surface area contributed by atoms with Gasteiger partial charge in [-0.2, -0.15) is 0 Å². The van der Waals surface area contributed by atoms with Crippen LogP contribution in [0.5, 0.6) is 0 Å². The van der Waals surface area contributed by atoms with Crippen LogP contribution >= 0.6 is 0 Å². The van der Waals surface area contributed by atoms with E-state index in [9.17, 15) is 18.0 Å². The number of sulfonamides is 1. The summed E-state index contributed by atoms with van der Waals surface area (Å²) < 4.78 is 22.9. The van der Waals surface area contributed by atoms with Crippen LogP contribution < -0.4 is 20.7 Å². The van der Waals surface area contributed by atoms with E-state index in [2.05, 4.69) is 39.6 Å². The molecular formula is C29H29N5O4S. The van der Waals surface area contributed by atoms with Crippen molar-refractivity contribution < 1.29 is 18.0 Å². The molecule has 0 saturated carbocycles. The number of nitrogens with two attached hydrogens (primary N) is 1. The lowest BCUT2D eigenvalue weighted by Gasteiger charge is -2.34. The van der Waals surface area contributed by atoms with Crippen molar-refractivity contribution in [1.82, 2.24) is 10.2 Å². The Hall–Kier alpha value is -4.25. The number of piperazine rings is 1. The number of benzene rings is 3. The van der Waals surface area contributed by atoms with Gasteiger partial charge in [0.15, 0.2) is 0 Å². The molecule has 39 heavy (non-hydrogen) atoms. The van der Waals surface area contributed by atoms with Gasteiger partial charge in [-0.1, -0.05) is 30.4 Å². The molecule has 0 radical (unpaired) electrons. The Morgan fingerprint density at radius 1 is 0.821 bits per heavy atom. The quantitative estimate of drug-likeness (QED) is 0.248. The summed E-state index contributed by atoms with van der Waals surface area (Å²) in [6, 6.07) is 19.5. The second-order valence-electron chi connectivity index (χ2n) is 9.58. The molecule has 0 atom stereocenters. The Balaban J connectivity index is 1.35. The van der Waals surface area contributed by atoms with Gasteiger partial charge in [0.2, 0.25) is 10.0 Å². The predicted octanol–water partition coefficient (Wildman–Crippen LogP) is 2.98. The van der Waals surface area contributed by atoms with E-state index < -0.39 is 21.8 Å². The molecule has 0 spiro atoms. The molecule has 1 fully saturated rings. The van der Waals surface area contributed by atoms with Crippen LogP contribution in [0.4, 0.5) is 11.4 Å². The molecule has 0 unspecified atom stereocenters. The number of nitrogens with one attached hydrogen (secondary N) is 2. The van der Waals surface area contributed by atoms with Crippen molar-refractivity contribution in [2.75, 3.05) is 43.4 Å². The highest BCUT2D eigenvalue weighted by molar-refractivity contribution is 7.89.